The first kappa shape index (κ1) is 26.8. The van der Waals surface area contributed by atoms with Crippen molar-refractivity contribution in [1.29, 1.82) is 0 Å². The van der Waals surface area contributed by atoms with Crippen LogP contribution in [0.2, 0.25) is 0 Å². The number of hydrogen-bond donors (Lipinski definition) is 1. The highest BCUT2D eigenvalue weighted by molar-refractivity contribution is 6.12. The minimum Gasteiger partial charge on any atom is -0.345 e. The van der Waals surface area contributed by atoms with Crippen molar-refractivity contribution in [2.24, 2.45) is 4.99 Å². The van der Waals surface area contributed by atoms with Gasteiger partial charge in [-0.2, -0.15) is 0 Å². The Labute approximate surface area is 277 Å². The molecule has 4 nitrogen and oxygen atoms in total. The van der Waals surface area contributed by atoms with E-state index in [-0.39, 0.29) is 6.29 Å². The monoisotopic (exact) mass is 614 g/mol. The lowest BCUT2D eigenvalue weighted by Gasteiger charge is -2.25. The van der Waals surface area contributed by atoms with Crippen molar-refractivity contribution >= 4 is 49.3 Å². The summed E-state index contributed by atoms with van der Waals surface area (Å²) in [6.07, 6.45) is -0.302. The summed E-state index contributed by atoms with van der Waals surface area (Å²) in [5.74, 6) is 0. The minimum atomic E-state index is -0.302. The molecule has 1 aliphatic heterocycles. The van der Waals surface area contributed by atoms with Crippen LogP contribution in [-0.2, 0) is 0 Å². The van der Waals surface area contributed by atoms with Crippen LogP contribution in [0.3, 0.4) is 0 Å². The van der Waals surface area contributed by atoms with E-state index in [0.717, 1.165) is 32.9 Å². The first-order valence-corrected chi connectivity index (χ1v) is 16.4. The molecule has 0 saturated heterocycles. The van der Waals surface area contributed by atoms with Gasteiger partial charge in [-0.25, -0.2) is 4.99 Å². The van der Waals surface area contributed by atoms with Crippen molar-refractivity contribution in [2.75, 3.05) is 0 Å². The average Bonchev–Trinajstić information content (AvgIpc) is 3.67. The van der Waals surface area contributed by atoms with Crippen LogP contribution in [0.15, 0.2) is 175 Å². The average molecular weight is 615 g/mol. The van der Waals surface area contributed by atoms with Crippen LogP contribution < -0.4 is 15.9 Å². The Morgan fingerprint density at radius 2 is 0.979 bits per heavy atom. The molecule has 0 amide bonds. The Morgan fingerprint density at radius 3 is 1.75 bits per heavy atom. The lowest BCUT2D eigenvalue weighted by atomic mass is 10.0. The summed E-state index contributed by atoms with van der Waals surface area (Å²) in [4.78, 5) is 5.26. The summed E-state index contributed by atoms with van der Waals surface area (Å²) in [5.41, 5.74) is 10.5. The summed E-state index contributed by atoms with van der Waals surface area (Å²) in [6.45, 7) is 0. The SMILES string of the molecule is c1ccc(C2=c3ccccc3=NC(n3c4ccccc4c4cc(-c5ccc6c(c5)c5ccccc5n6-c5ccccc5)ccc43)N2)cc1. The van der Waals surface area contributed by atoms with Gasteiger partial charge in [-0.1, -0.05) is 115 Å². The van der Waals surface area contributed by atoms with Crippen molar-refractivity contribution in [1.82, 2.24) is 14.5 Å². The van der Waals surface area contributed by atoms with Crippen LogP contribution in [0, 0.1) is 0 Å². The normalized spacial score (nSPS) is 14.3. The molecule has 0 bridgehead atoms. The highest BCUT2D eigenvalue weighted by Gasteiger charge is 2.22. The zero-order valence-corrected chi connectivity index (χ0v) is 26.1. The van der Waals surface area contributed by atoms with E-state index in [1.165, 1.54) is 49.4 Å². The van der Waals surface area contributed by atoms with Crippen LogP contribution in [-0.4, -0.2) is 9.13 Å². The maximum absolute atomic E-state index is 5.26. The van der Waals surface area contributed by atoms with Gasteiger partial charge < -0.3 is 14.5 Å². The molecule has 4 heteroatoms. The minimum absolute atomic E-state index is 0.302. The topological polar surface area (TPSA) is 34.2 Å². The molecule has 1 aliphatic rings. The first-order valence-electron chi connectivity index (χ1n) is 16.4. The van der Waals surface area contributed by atoms with Crippen molar-refractivity contribution < 1.29 is 0 Å². The van der Waals surface area contributed by atoms with Gasteiger partial charge >= 0.3 is 0 Å². The number of nitrogens with zero attached hydrogens (tertiary/aromatic N) is 3. The molecule has 3 heterocycles. The van der Waals surface area contributed by atoms with Gasteiger partial charge in [0.25, 0.3) is 0 Å². The molecule has 1 unspecified atom stereocenters. The third-order valence-corrected chi connectivity index (χ3v) is 9.75. The zero-order valence-electron chi connectivity index (χ0n) is 26.1. The van der Waals surface area contributed by atoms with Crippen molar-refractivity contribution in [2.45, 2.75) is 6.29 Å². The predicted molar refractivity (Wildman–Crippen MR) is 198 cm³/mol. The van der Waals surface area contributed by atoms with Gasteiger partial charge in [0, 0.05) is 32.5 Å². The van der Waals surface area contributed by atoms with Crippen molar-refractivity contribution in [3.63, 3.8) is 0 Å². The van der Waals surface area contributed by atoms with Gasteiger partial charge in [0.2, 0.25) is 6.29 Å². The molecule has 0 spiro atoms. The molecule has 0 aliphatic carbocycles. The molecule has 0 radical (unpaired) electrons. The Bertz CT molecular complexity index is 2810. The largest absolute Gasteiger partial charge is 0.345 e. The molecule has 1 atom stereocenters. The van der Waals surface area contributed by atoms with E-state index in [2.05, 4.69) is 184 Å². The Hall–Kier alpha value is -6.39. The number of fused-ring (bicyclic) bond motifs is 7. The van der Waals surface area contributed by atoms with Gasteiger partial charge in [-0.15, -0.1) is 0 Å². The van der Waals surface area contributed by atoms with E-state index < -0.39 is 0 Å². The maximum atomic E-state index is 5.26. The predicted octanol–water partition coefficient (Wildman–Crippen LogP) is 9.09. The molecule has 0 saturated carbocycles. The second-order valence-corrected chi connectivity index (χ2v) is 12.4. The molecule has 226 valence electrons. The second-order valence-electron chi connectivity index (χ2n) is 12.4. The van der Waals surface area contributed by atoms with Gasteiger partial charge in [-0.05, 0) is 71.3 Å². The number of aromatic nitrogens is 2. The van der Waals surface area contributed by atoms with Crippen LogP contribution in [0.25, 0.3) is 66.1 Å². The Balaban J connectivity index is 1.15. The van der Waals surface area contributed by atoms with Gasteiger partial charge in [0.1, 0.15) is 0 Å². The third kappa shape index (κ3) is 4.06. The number of benzene rings is 7. The second kappa shape index (κ2) is 10.6. The van der Waals surface area contributed by atoms with Gasteiger partial charge in [-0.3, -0.25) is 0 Å². The number of nitrogens with one attached hydrogen (secondary N) is 1. The smallest absolute Gasteiger partial charge is 0.201 e. The molecular weight excluding hydrogens is 585 g/mol. The third-order valence-electron chi connectivity index (χ3n) is 9.75. The van der Waals surface area contributed by atoms with Crippen molar-refractivity contribution in [3.05, 3.63) is 186 Å². The standard InChI is InChI=1S/C44H30N4/c1-3-13-29(14-4-1)43-35-19-7-10-20-38(35)45-44(46-43)48-40-22-12-9-18-34(40)37-28-31(24-26-42(37)48)30-23-25-41-36(27-30)33-17-8-11-21-39(33)47(41)32-15-5-2-6-16-32/h1-28,44,46H. The molecule has 0 fully saturated rings. The summed E-state index contributed by atoms with van der Waals surface area (Å²) in [7, 11) is 0. The molecule has 48 heavy (non-hydrogen) atoms. The fourth-order valence-electron chi connectivity index (χ4n) is 7.59. The quantitative estimate of drug-likeness (QED) is 0.211. The Kier molecular flexibility index (Phi) is 5.90. The summed E-state index contributed by atoms with van der Waals surface area (Å²) in [6, 6.07) is 60.8. The zero-order chi connectivity index (χ0) is 31.6. The molecule has 7 aromatic carbocycles. The summed E-state index contributed by atoms with van der Waals surface area (Å²) < 4.78 is 4.72. The van der Waals surface area contributed by atoms with E-state index in [1.54, 1.807) is 0 Å². The summed E-state index contributed by atoms with van der Waals surface area (Å²) in [5, 5.41) is 10.9. The van der Waals surface area contributed by atoms with Gasteiger partial charge in [0.15, 0.2) is 0 Å². The number of para-hydroxylation sites is 4. The lowest BCUT2D eigenvalue weighted by Crippen LogP contribution is -2.41. The van der Waals surface area contributed by atoms with Gasteiger partial charge in [0.05, 0.1) is 33.1 Å². The van der Waals surface area contributed by atoms with Crippen LogP contribution in [0.4, 0.5) is 0 Å². The summed E-state index contributed by atoms with van der Waals surface area (Å²) >= 11 is 0. The molecule has 2 aromatic heterocycles. The highest BCUT2D eigenvalue weighted by atomic mass is 15.3. The number of hydrogen-bond acceptors (Lipinski definition) is 2. The Morgan fingerprint density at radius 1 is 0.438 bits per heavy atom. The fourth-order valence-corrected chi connectivity index (χ4v) is 7.59. The van der Waals surface area contributed by atoms with E-state index in [0.29, 0.717) is 0 Å². The highest BCUT2D eigenvalue weighted by Crippen LogP contribution is 2.38. The van der Waals surface area contributed by atoms with Crippen LogP contribution in [0.5, 0.6) is 0 Å². The van der Waals surface area contributed by atoms with E-state index in [1.807, 2.05) is 0 Å². The first-order chi connectivity index (χ1) is 23.8. The fraction of sp³-hybridized carbons (Fsp3) is 0.0227. The number of rotatable bonds is 4. The van der Waals surface area contributed by atoms with Crippen LogP contribution >= 0.6 is 0 Å². The molecule has 10 rings (SSSR count). The lowest BCUT2D eigenvalue weighted by molar-refractivity contribution is 0.489. The maximum Gasteiger partial charge on any atom is 0.201 e. The molecule has 1 N–H and O–H groups in total. The van der Waals surface area contributed by atoms with E-state index in [4.69, 9.17) is 4.99 Å². The van der Waals surface area contributed by atoms with Crippen LogP contribution in [0.1, 0.15) is 11.9 Å². The molecule has 9 aromatic rings. The van der Waals surface area contributed by atoms with Crippen molar-refractivity contribution in [3.8, 4) is 16.8 Å². The molecular formula is C44H30N4. The van der Waals surface area contributed by atoms with E-state index in [9.17, 15) is 0 Å². The van der Waals surface area contributed by atoms with E-state index >= 15 is 0 Å².